The topological polar surface area (TPSA) is 76.1 Å². The molecule has 0 unspecified atom stereocenters. The minimum absolute atomic E-state index is 0.0317. The van der Waals surface area contributed by atoms with Gasteiger partial charge in [-0.3, -0.25) is 4.79 Å². The Morgan fingerprint density at radius 1 is 1.00 bits per heavy atom. The highest BCUT2D eigenvalue weighted by Gasteiger charge is 2.43. The molecule has 7 heteroatoms. The molecule has 0 spiro atoms. The van der Waals surface area contributed by atoms with Crippen LogP contribution in [0.1, 0.15) is 51.4 Å². The van der Waals surface area contributed by atoms with Crippen LogP contribution in [-0.4, -0.2) is 65.8 Å². The van der Waals surface area contributed by atoms with E-state index in [9.17, 15) is 14.7 Å². The highest BCUT2D eigenvalue weighted by molar-refractivity contribution is 5.98. The summed E-state index contributed by atoms with van der Waals surface area (Å²) in [5, 5.41) is 13.3. The average Bonchev–Trinajstić information content (AvgIpc) is 3.29. The molecule has 4 saturated heterocycles. The second-order valence-corrected chi connectivity index (χ2v) is 9.29. The predicted octanol–water partition coefficient (Wildman–Crippen LogP) is 2.48. The lowest BCUT2D eigenvalue weighted by molar-refractivity contribution is -0.117. The monoisotopic (exact) mass is 412 g/mol. The van der Waals surface area contributed by atoms with Crippen molar-refractivity contribution in [3.8, 4) is 0 Å². The second-order valence-electron chi connectivity index (χ2n) is 9.29. The molecule has 4 fully saturated rings. The summed E-state index contributed by atoms with van der Waals surface area (Å²) in [6.45, 7) is 2.48. The summed E-state index contributed by atoms with van der Waals surface area (Å²) >= 11 is 0. The number of aliphatic hydroxyl groups is 1. The zero-order valence-electron chi connectivity index (χ0n) is 17.5. The molecule has 0 saturated carbocycles. The zero-order valence-corrected chi connectivity index (χ0v) is 17.5. The highest BCUT2D eigenvalue weighted by Crippen LogP contribution is 2.36. The van der Waals surface area contributed by atoms with Crippen LogP contribution in [0.5, 0.6) is 0 Å². The van der Waals surface area contributed by atoms with Crippen molar-refractivity contribution in [2.24, 2.45) is 0 Å². The molecular formula is C23H32N4O3. The summed E-state index contributed by atoms with van der Waals surface area (Å²) in [7, 11) is 0. The van der Waals surface area contributed by atoms with Crippen LogP contribution >= 0.6 is 0 Å². The molecule has 4 aliphatic heterocycles. The van der Waals surface area contributed by atoms with Gasteiger partial charge in [-0.25, -0.2) is 4.79 Å². The van der Waals surface area contributed by atoms with E-state index in [0.29, 0.717) is 19.3 Å². The minimum atomic E-state index is -0.262. The Morgan fingerprint density at radius 2 is 1.73 bits per heavy atom. The van der Waals surface area contributed by atoms with E-state index in [0.717, 1.165) is 63.1 Å². The molecule has 0 aliphatic carbocycles. The smallest absolute Gasteiger partial charge is 0.318 e. The first-order valence-electron chi connectivity index (χ1n) is 11.5. The van der Waals surface area contributed by atoms with Crippen molar-refractivity contribution in [1.29, 1.82) is 0 Å². The molecule has 162 valence electrons. The predicted molar refractivity (Wildman–Crippen MR) is 116 cm³/mol. The first-order valence-corrected chi connectivity index (χ1v) is 11.5. The third kappa shape index (κ3) is 3.64. The molecule has 30 heavy (non-hydrogen) atoms. The van der Waals surface area contributed by atoms with E-state index in [1.54, 1.807) is 0 Å². The molecule has 4 heterocycles. The first-order chi connectivity index (χ1) is 14.6. The largest absolute Gasteiger partial charge is 0.393 e. The van der Waals surface area contributed by atoms with Crippen molar-refractivity contribution in [3.63, 3.8) is 0 Å². The number of benzene rings is 1. The van der Waals surface area contributed by atoms with Crippen molar-refractivity contribution in [2.45, 2.75) is 75.6 Å². The average molecular weight is 413 g/mol. The number of nitrogens with one attached hydrogen (secondary N) is 1. The van der Waals surface area contributed by atoms with Gasteiger partial charge in [0.05, 0.1) is 17.5 Å². The zero-order chi connectivity index (χ0) is 20.7. The third-order valence-electron chi connectivity index (χ3n) is 7.28. The number of urea groups is 1. The van der Waals surface area contributed by atoms with Crippen LogP contribution in [0.2, 0.25) is 0 Å². The standard InChI is InChI=1S/C23H32N4O3/c28-19-13-17-9-10-18(14-19)27(17)23(30)24-16-5-3-11-25(15-16)20-6-1-2-7-21(20)26-12-4-8-22(26)29/h1-2,6-7,16-19,28H,3-5,8-15H2,(H,24,30)/t16-,17-,18+,19+/m0/s1. The quantitative estimate of drug-likeness (QED) is 0.800. The van der Waals surface area contributed by atoms with Crippen LogP contribution in [0.4, 0.5) is 16.2 Å². The number of aliphatic hydroxyl groups excluding tert-OH is 1. The molecule has 0 aromatic heterocycles. The summed E-state index contributed by atoms with van der Waals surface area (Å²) in [6, 6.07) is 8.64. The lowest BCUT2D eigenvalue weighted by Crippen LogP contribution is -2.56. The van der Waals surface area contributed by atoms with Crippen LogP contribution in [0.3, 0.4) is 0 Å². The van der Waals surface area contributed by atoms with Crippen LogP contribution in [0.25, 0.3) is 0 Å². The number of fused-ring (bicyclic) bond motifs is 2. The Labute approximate surface area is 178 Å². The van der Waals surface area contributed by atoms with Gasteiger partial charge in [0.25, 0.3) is 0 Å². The first kappa shape index (κ1) is 19.7. The van der Waals surface area contributed by atoms with Crippen molar-refractivity contribution in [2.75, 3.05) is 29.4 Å². The number of hydrogen-bond donors (Lipinski definition) is 2. The van der Waals surface area contributed by atoms with Gasteiger partial charge < -0.3 is 25.1 Å². The minimum Gasteiger partial charge on any atom is -0.393 e. The van der Waals surface area contributed by atoms with Gasteiger partial charge in [-0.15, -0.1) is 0 Å². The fourth-order valence-electron chi connectivity index (χ4n) is 5.91. The molecular weight excluding hydrogens is 380 g/mol. The Hall–Kier alpha value is -2.28. The summed E-state index contributed by atoms with van der Waals surface area (Å²) in [5.41, 5.74) is 2.09. The van der Waals surface area contributed by atoms with Crippen molar-refractivity contribution < 1.29 is 14.7 Å². The molecule has 4 aliphatic rings. The van der Waals surface area contributed by atoms with Gasteiger partial charge in [0.2, 0.25) is 5.91 Å². The normalized spacial score (nSPS) is 31.4. The van der Waals surface area contributed by atoms with E-state index in [4.69, 9.17) is 0 Å². The summed E-state index contributed by atoms with van der Waals surface area (Å²) in [6.07, 6.45) is 6.68. The van der Waals surface area contributed by atoms with E-state index < -0.39 is 0 Å². The fraction of sp³-hybridized carbons (Fsp3) is 0.652. The fourth-order valence-corrected chi connectivity index (χ4v) is 5.91. The van der Waals surface area contributed by atoms with Gasteiger partial charge in [0.1, 0.15) is 0 Å². The van der Waals surface area contributed by atoms with Gasteiger partial charge in [0, 0.05) is 44.2 Å². The molecule has 1 aromatic rings. The van der Waals surface area contributed by atoms with Crippen LogP contribution < -0.4 is 15.1 Å². The molecule has 3 amide bonds. The number of anilines is 2. The van der Waals surface area contributed by atoms with Crippen molar-refractivity contribution in [3.05, 3.63) is 24.3 Å². The SMILES string of the molecule is O=C1CCCN1c1ccccc1N1CCC[C@H](NC(=O)N2[C@@H]3CC[C@H]2C[C@@H](O)C3)C1. The van der Waals surface area contributed by atoms with Crippen LogP contribution in [-0.2, 0) is 4.79 Å². The van der Waals surface area contributed by atoms with E-state index in [1.165, 1.54) is 0 Å². The Balaban J connectivity index is 1.27. The highest BCUT2D eigenvalue weighted by atomic mass is 16.3. The number of carbonyl (C=O) groups excluding carboxylic acids is 2. The lowest BCUT2D eigenvalue weighted by atomic mass is 10.00. The Morgan fingerprint density at radius 3 is 2.43 bits per heavy atom. The molecule has 7 nitrogen and oxygen atoms in total. The number of nitrogens with zero attached hydrogens (tertiary/aromatic N) is 3. The van der Waals surface area contributed by atoms with Crippen molar-refractivity contribution >= 4 is 23.3 Å². The van der Waals surface area contributed by atoms with Gasteiger partial charge in [-0.05, 0) is 57.1 Å². The number of para-hydroxylation sites is 2. The van der Waals surface area contributed by atoms with E-state index in [2.05, 4.69) is 16.3 Å². The maximum atomic E-state index is 13.1. The summed E-state index contributed by atoms with van der Waals surface area (Å²) < 4.78 is 0. The molecule has 2 N–H and O–H groups in total. The van der Waals surface area contributed by atoms with Crippen molar-refractivity contribution in [1.82, 2.24) is 10.2 Å². The van der Waals surface area contributed by atoms with Gasteiger partial charge in [-0.2, -0.15) is 0 Å². The molecule has 4 atom stereocenters. The van der Waals surface area contributed by atoms with E-state index in [-0.39, 0.29) is 36.2 Å². The Bertz CT molecular complexity index is 801. The van der Waals surface area contributed by atoms with E-state index >= 15 is 0 Å². The molecule has 0 radical (unpaired) electrons. The third-order valence-corrected chi connectivity index (χ3v) is 7.28. The number of amides is 3. The lowest BCUT2D eigenvalue weighted by Gasteiger charge is -2.40. The van der Waals surface area contributed by atoms with Crippen LogP contribution in [0, 0.1) is 0 Å². The van der Waals surface area contributed by atoms with E-state index in [1.807, 2.05) is 28.0 Å². The second kappa shape index (κ2) is 8.10. The number of carbonyl (C=O) groups is 2. The summed E-state index contributed by atoms with van der Waals surface area (Å²) in [5.74, 6) is 0.201. The van der Waals surface area contributed by atoms with Gasteiger partial charge in [-0.1, -0.05) is 12.1 Å². The van der Waals surface area contributed by atoms with Crippen LogP contribution in [0.15, 0.2) is 24.3 Å². The van der Waals surface area contributed by atoms with Gasteiger partial charge >= 0.3 is 6.03 Å². The summed E-state index contributed by atoms with van der Waals surface area (Å²) in [4.78, 5) is 31.6. The number of hydrogen-bond acceptors (Lipinski definition) is 4. The van der Waals surface area contributed by atoms with Gasteiger partial charge in [0.15, 0.2) is 0 Å². The maximum absolute atomic E-state index is 13.1. The molecule has 2 bridgehead atoms. The number of rotatable bonds is 3. The Kier molecular flexibility index (Phi) is 5.31. The maximum Gasteiger partial charge on any atom is 0.318 e. The molecule has 1 aromatic carbocycles. The molecule has 5 rings (SSSR count). The number of piperidine rings is 2.